The van der Waals surface area contributed by atoms with E-state index in [9.17, 15) is 23.3 Å². The lowest BCUT2D eigenvalue weighted by Crippen LogP contribution is -2.42. The van der Waals surface area contributed by atoms with E-state index < -0.39 is 20.9 Å². The van der Waals surface area contributed by atoms with Crippen LogP contribution in [0.5, 0.6) is 0 Å². The van der Waals surface area contributed by atoms with Gasteiger partial charge in [-0.05, 0) is 12.5 Å². The number of carbonyl (C=O) groups is 1. The fourth-order valence-electron chi connectivity index (χ4n) is 1.64. The summed E-state index contributed by atoms with van der Waals surface area (Å²) < 4.78 is 24.4. The Hall–Kier alpha value is -2.92. The van der Waals surface area contributed by atoms with Crippen LogP contribution in [0.3, 0.4) is 0 Å². The van der Waals surface area contributed by atoms with Crippen LogP contribution in [-0.2, 0) is 10.0 Å². The summed E-state index contributed by atoms with van der Waals surface area (Å²) >= 11 is 0. The Labute approximate surface area is 130 Å². The van der Waals surface area contributed by atoms with E-state index in [-0.39, 0.29) is 21.8 Å². The third kappa shape index (κ3) is 3.84. The molecule has 0 aliphatic carbocycles. The lowest BCUT2D eigenvalue weighted by molar-refractivity contribution is -0.385. The number of hydrazine groups is 1. The molecule has 0 radical (unpaired) electrons. The number of nitrogens with zero attached hydrogens (tertiary/aromatic N) is 3. The molecule has 0 bridgehead atoms. The highest BCUT2D eigenvalue weighted by Crippen LogP contribution is 2.21. The number of aryl methyl sites for hydroxylation is 1. The van der Waals surface area contributed by atoms with Crippen molar-refractivity contribution in [1.82, 2.24) is 20.2 Å². The second kappa shape index (κ2) is 6.46. The number of sulfonamides is 1. The predicted molar refractivity (Wildman–Crippen MR) is 77.7 cm³/mol. The van der Waals surface area contributed by atoms with Crippen molar-refractivity contribution in [3.63, 3.8) is 0 Å². The van der Waals surface area contributed by atoms with Crippen molar-refractivity contribution in [3.8, 4) is 0 Å². The molecule has 2 aromatic rings. The SMILES string of the molecule is Cc1ccc([N+](=O)[O-])cc1S(=O)(=O)NNC(=O)c1cnccn1. The van der Waals surface area contributed by atoms with Gasteiger partial charge in [0.2, 0.25) is 0 Å². The fraction of sp³-hybridized carbons (Fsp3) is 0.0833. The average Bonchev–Trinajstić information content (AvgIpc) is 2.53. The van der Waals surface area contributed by atoms with Crippen molar-refractivity contribution in [2.75, 3.05) is 0 Å². The smallest absolute Gasteiger partial charge is 0.272 e. The highest BCUT2D eigenvalue weighted by molar-refractivity contribution is 7.89. The van der Waals surface area contributed by atoms with Gasteiger partial charge in [0, 0.05) is 24.5 Å². The van der Waals surface area contributed by atoms with Crippen LogP contribution in [0.25, 0.3) is 0 Å². The van der Waals surface area contributed by atoms with Crippen LogP contribution in [-0.4, -0.2) is 29.2 Å². The molecule has 2 N–H and O–H groups in total. The van der Waals surface area contributed by atoms with E-state index in [1.165, 1.54) is 31.5 Å². The molecular weight excluding hydrogens is 326 g/mol. The molecular formula is C12H11N5O5S. The van der Waals surface area contributed by atoms with E-state index in [1.807, 2.05) is 10.3 Å². The summed E-state index contributed by atoms with van der Waals surface area (Å²) in [5.74, 6) is -0.815. The summed E-state index contributed by atoms with van der Waals surface area (Å²) in [7, 11) is -4.18. The summed E-state index contributed by atoms with van der Waals surface area (Å²) in [4.78, 5) is 30.7. The molecule has 1 amide bonds. The summed E-state index contributed by atoms with van der Waals surface area (Å²) in [6, 6.07) is 3.40. The number of non-ortho nitro benzene ring substituents is 1. The first-order valence-electron chi connectivity index (χ1n) is 6.14. The Morgan fingerprint density at radius 2 is 2.04 bits per heavy atom. The van der Waals surface area contributed by atoms with Gasteiger partial charge in [0.05, 0.1) is 16.0 Å². The highest BCUT2D eigenvalue weighted by Gasteiger charge is 2.21. The zero-order valence-electron chi connectivity index (χ0n) is 11.8. The van der Waals surface area contributed by atoms with E-state index in [0.717, 1.165) is 12.3 Å². The molecule has 2 rings (SSSR count). The molecule has 0 atom stereocenters. The Bertz CT molecular complexity index is 853. The van der Waals surface area contributed by atoms with Crippen LogP contribution < -0.4 is 10.3 Å². The third-order valence-corrected chi connectivity index (χ3v) is 4.16. The molecule has 0 saturated heterocycles. The van der Waals surface area contributed by atoms with Gasteiger partial charge in [0.25, 0.3) is 21.6 Å². The quantitative estimate of drug-likeness (QED) is 0.590. The number of carbonyl (C=O) groups excluding carboxylic acids is 1. The van der Waals surface area contributed by atoms with Gasteiger partial charge in [-0.1, -0.05) is 6.07 Å². The third-order valence-electron chi connectivity index (χ3n) is 2.77. The van der Waals surface area contributed by atoms with Gasteiger partial charge in [0.15, 0.2) is 0 Å². The molecule has 11 heteroatoms. The van der Waals surface area contributed by atoms with Gasteiger partial charge in [0.1, 0.15) is 5.69 Å². The Morgan fingerprint density at radius 3 is 2.65 bits per heavy atom. The largest absolute Gasteiger partial charge is 0.286 e. The monoisotopic (exact) mass is 337 g/mol. The maximum absolute atomic E-state index is 12.2. The first-order chi connectivity index (χ1) is 10.8. The van der Waals surface area contributed by atoms with E-state index in [4.69, 9.17) is 0 Å². The average molecular weight is 337 g/mol. The molecule has 0 saturated carbocycles. The second-order valence-corrected chi connectivity index (χ2v) is 6.01. The number of hydrogen-bond acceptors (Lipinski definition) is 7. The number of nitro groups is 1. The zero-order chi connectivity index (χ0) is 17.0. The molecule has 0 aliphatic heterocycles. The van der Waals surface area contributed by atoms with Crippen molar-refractivity contribution in [3.05, 3.63) is 58.2 Å². The minimum atomic E-state index is -4.18. The molecule has 1 heterocycles. The first-order valence-corrected chi connectivity index (χ1v) is 7.63. The van der Waals surface area contributed by atoms with E-state index in [1.54, 1.807) is 0 Å². The van der Waals surface area contributed by atoms with Crippen LogP contribution in [0.1, 0.15) is 16.1 Å². The normalized spacial score (nSPS) is 11.0. The lowest BCUT2D eigenvalue weighted by atomic mass is 10.2. The van der Waals surface area contributed by atoms with Gasteiger partial charge in [-0.2, -0.15) is 0 Å². The maximum atomic E-state index is 12.2. The van der Waals surface area contributed by atoms with Crippen LogP contribution in [0, 0.1) is 17.0 Å². The van der Waals surface area contributed by atoms with Gasteiger partial charge >= 0.3 is 0 Å². The molecule has 120 valence electrons. The van der Waals surface area contributed by atoms with Crippen LogP contribution in [0.2, 0.25) is 0 Å². The number of nitrogens with one attached hydrogen (secondary N) is 2. The van der Waals surface area contributed by atoms with Crippen molar-refractivity contribution < 1.29 is 18.1 Å². The minimum Gasteiger partial charge on any atom is -0.272 e. The van der Waals surface area contributed by atoms with Gasteiger partial charge < -0.3 is 0 Å². The summed E-state index contributed by atoms with van der Waals surface area (Å²) in [6.45, 7) is 1.47. The Balaban J connectivity index is 2.21. The van der Waals surface area contributed by atoms with Gasteiger partial charge in [-0.3, -0.25) is 25.3 Å². The van der Waals surface area contributed by atoms with E-state index in [0.29, 0.717) is 0 Å². The second-order valence-electron chi connectivity index (χ2n) is 4.36. The number of amides is 1. The molecule has 1 aromatic heterocycles. The molecule has 0 spiro atoms. The Morgan fingerprint density at radius 1 is 1.30 bits per heavy atom. The number of rotatable bonds is 5. The molecule has 0 unspecified atom stereocenters. The zero-order valence-corrected chi connectivity index (χ0v) is 12.6. The topological polar surface area (TPSA) is 144 Å². The van der Waals surface area contributed by atoms with Crippen LogP contribution in [0.15, 0.2) is 41.7 Å². The summed E-state index contributed by atoms with van der Waals surface area (Å²) in [5.41, 5.74) is 1.78. The van der Waals surface area contributed by atoms with E-state index >= 15 is 0 Å². The van der Waals surface area contributed by atoms with E-state index in [2.05, 4.69) is 9.97 Å². The number of nitro benzene ring substituents is 1. The highest BCUT2D eigenvalue weighted by atomic mass is 32.2. The Kier molecular flexibility index (Phi) is 4.62. The molecule has 23 heavy (non-hydrogen) atoms. The number of benzene rings is 1. The summed E-state index contributed by atoms with van der Waals surface area (Å²) in [6.07, 6.45) is 3.78. The number of aromatic nitrogens is 2. The molecule has 10 nitrogen and oxygen atoms in total. The molecule has 0 aliphatic rings. The van der Waals surface area contributed by atoms with Gasteiger partial charge in [-0.25, -0.2) is 13.4 Å². The first kappa shape index (κ1) is 16.5. The minimum absolute atomic E-state index is 0.0917. The number of hydrogen-bond donors (Lipinski definition) is 2. The standard InChI is InChI=1S/C12H11N5O5S/c1-8-2-3-9(17(19)20)6-11(8)23(21,22)16-15-12(18)10-7-13-4-5-14-10/h2-7,16H,1H3,(H,15,18). The van der Waals surface area contributed by atoms with Gasteiger partial charge in [-0.15, -0.1) is 4.83 Å². The van der Waals surface area contributed by atoms with Crippen molar-refractivity contribution in [2.24, 2.45) is 0 Å². The van der Waals surface area contributed by atoms with Crippen molar-refractivity contribution in [2.45, 2.75) is 11.8 Å². The fourth-order valence-corrected chi connectivity index (χ4v) is 2.75. The lowest BCUT2D eigenvalue weighted by Gasteiger charge is -2.10. The van der Waals surface area contributed by atoms with Crippen molar-refractivity contribution in [1.29, 1.82) is 0 Å². The van der Waals surface area contributed by atoms with Crippen molar-refractivity contribution >= 4 is 21.6 Å². The maximum Gasteiger partial charge on any atom is 0.286 e. The van der Waals surface area contributed by atoms with Crippen LogP contribution >= 0.6 is 0 Å². The predicted octanol–water partition coefficient (Wildman–Crippen LogP) is 0.317. The van der Waals surface area contributed by atoms with Crippen LogP contribution in [0.4, 0.5) is 5.69 Å². The molecule has 0 fully saturated rings. The molecule has 1 aromatic carbocycles. The summed E-state index contributed by atoms with van der Waals surface area (Å²) in [5, 5.41) is 10.7.